The molecule has 1 aliphatic heterocycles. The van der Waals surface area contributed by atoms with Crippen molar-refractivity contribution in [2.75, 3.05) is 12.9 Å². The number of thioether (sulfide) groups is 1. The first-order valence-electron chi connectivity index (χ1n) is 4.80. The van der Waals surface area contributed by atoms with Gasteiger partial charge in [0.25, 0.3) is 0 Å². The molecule has 84 valence electrons. The van der Waals surface area contributed by atoms with Gasteiger partial charge in [0.1, 0.15) is 9.94 Å². The predicted octanol–water partition coefficient (Wildman–Crippen LogP) is 2.86. The van der Waals surface area contributed by atoms with Gasteiger partial charge >= 0.3 is 0 Å². The van der Waals surface area contributed by atoms with E-state index in [1.54, 1.807) is 23.1 Å². The lowest BCUT2D eigenvalue weighted by Crippen LogP contribution is -2.27. The van der Waals surface area contributed by atoms with Gasteiger partial charge in [0.15, 0.2) is 5.79 Å². The third-order valence-corrected chi connectivity index (χ3v) is 4.59. The monoisotopic (exact) mass is 245 g/mol. The fourth-order valence-corrected chi connectivity index (χ4v) is 3.11. The maximum atomic E-state index is 5.92. The SMILES string of the molecule is CSc1ncc([C@]2(C)COC(C)(C)O2)s1. The summed E-state index contributed by atoms with van der Waals surface area (Å²) in [6, 6.07) is 0. The first kappa shape index (κ1) is 11.4. The van der Waals surface area contributed by atoms with Crippen LogP contribution in [0.3, 0.4) is 0 Å². The van der Waals surface area contributed by atoms with Crippen LogP contribution in [0, 0.1) is 0 Å². The Labute approximate surface area is 98.2 Å². The fraction of sp³-hybridized carbons (Fsp3) is 0.700. The second kappa shape index (κ2) is 3.73. The molecule has 1 aliphatic rings. The van der Waals surface area contributed by atoms with Gasteiger partial charge in [-0.2, -0.15) is 0 Å². The van der Waals surface area contributed by atoms with E-state index in [0.717, 1.165) is 9.22 Å². The lowest BCUT2D eigenvalue weighted by Gasteiger charge is -2.23. The molecule has 15 heavy (non-hydrogen) atoms. The standard InChI is InChI=1S/C10H15NO2S2/c1-9(2)12-6-10(3,13-9)7-5-11-8(14-4)15-7/h5H,6H2,1-4H3/t10-/m0/s1. The van der Waals surface area contributed by atoms with E-state index in [0.29, 0.717) is 6.61 Å². The first-order chi connectivity index (χ1) is 6.95. The summed E-state index contributed by atoms with van der Waals surface area (Å²) >= 11 is 3.33. The molecule has 1 fully saturated rings. The van der Waals surface area contributed by atoms with E-state index in [2.05, 4.69) is 11.9 Å². The Morgan fingerprint density at radius 2 is 2.20 bits per heavy atom. The Bertz CT molecular complexity index is 364. The van der Waals surface area contributed by atoms with Crippen LogP contribution in [-0.2, 0) is 15.1 Å². The zero-order valence-corrected chi connectivity index (χ0v) is 11.0. The molecular formula is C10H15NO2S2. The summed E-state index contributed by atoms with van der Waals surface area (Å²) in [7, 11) is 0. The molecule has 0 amide bonds. The minimum Gasteiger partial charge on any atom is -0.347 e. The summed E-state index contributed by atoms with van der Waals surface area (Å²) in [5.41, 5.74) is -0.338. The quantitative estimate of drug-likeness (QED) is 0.750. The van der Waals surface area contributed by atoms with E-state index >= 15 is 0 Å². The average Bonchev–Trinajstić information content (AvgIpc) is 2.71. The highest BCUT2D eigenvalue weighted by Gasteiger charge is 2.44. The largest absolute Gasteiger partial charge is 0.347 e. The predicted molar refractivity (Wildman–Crippen MR) is 62.4 cm³/mol. The van der Waals surface area contributed by atoms with Crippen molar-refractivity contribution in [1.82, 2.24) is 4.98 Å². The maximum Gasteiger partial charge on any atom is 0.164 e. The lowest BCUT2D eigenvalue weighted by atomic mass is 10.1. The number of nitrogens with zero attached hydrogens (tertiary/aromatic N) is 1. The van der Waals surface area contributed by atoms with Crippen LogP contribution in [-0.4, -0.2) is 23.6 Å². The second-order valence-electron chi connectivity index (χ2n) is 4.22. The van der Waals surface area contributed by atoms with Gasteiger partial charge in [-0.25, -0.2) is 4.98 Å². The molecule has 1 aromatic rings. The van der Waals surface area contributed by atoms with E-state index in [1.165, 1.54) is 0 Å². The van der Waals surface area contributed by atoms with E-state index in [-0.39, 0.29) is 5.60 Å². The van der Waals surface area contributed by atoms with Crippen LogP contribution < -0.4 is 0 Å². The van der Waals surface area contributed by atoms with Crippen molar-refractivity contribution in [2.45, 2.75) is 36.5 Å². The Morgan fingerprint density at radius 1 is 1.47 bits per heavy atom. The topological polar surface area (TPSA) is 31.4 Å². The van der Waals surface area contributed by atoms with E-state index in [4.69, 9.17) is 9.47 Å². The summed E-state index contributed by atoms with van der Waals surface area (Å²) < 4.78 is 12.6. The normalized spacial score (nSPS) is 29.6. The van der Waals surface area contributed by atoms with Gasteiger partial charge < -0.3 is 9.47 Å². The van der Waals surface area contributed by atoms with Crippen LogP contribution in [0.5, 0.6) is 0 Å². The van der Waals surface area contributed by atoms with Crippen molar-refractivity contribution in [1.29, 1.82) is 0 Å². The van der Waals surface area contributed by atoms with Crippen LogP contribution in [0.2, 0.25) is 0 Å². The Kier molecular flexibility index (Phi) is 2.83. The molecule has 2 heterocycles. The van der Waals surface area contributed by atoms with Gasteiger partial charge in [-0.3, -0.25) is 0 Å². The van der Waals surface area contributed by atoms with Crippen LogP contribution in [0.4, 0.5) is 0 Å². The molecule has 1 saturated heterocycles. The van der Waals surface area contributed by atoms with Gasteiger partial charge in [-0.1, -0.05) is 11.8 Å². The summed E-state index contributed by atoms with van der Waals surface area (Å²) in [5, 5.41) is 0. The highest BCUT2D eigenvalue weighted by molar-refractivity contribution is 8.00. The van der Waals surface area contributed by atoms with Crippen molar-refractivity contribution in [2.24, 2.45) is 0 Å². The average molecular weight is 245 g/mol. The summed E-state index contributed by atoms with van der Waals surface area (Å²) in [4.78, 5) is 5.45. The van der Waals surface area contributed by atoms with Crippen LogP contribution in [0.25, 0.3) is 0 Å². The molecule has 0 spiro atoms. The fourth-order valence-electron chi connectivity index (χ4n) is 1.63. The number of hydrogen-bond donors (Lipinski definition) is 0. The molecule has 5 heteroatoms. The molecular weight excluding hydrogens is 230 g/mol. The first-order valence-corrected chi connectivity index (χ1v) is 6.84. The molecule has 0 aromatic carbocycles. The molecule has 0 radical (unpaired) electrons. The van der Waals surface area contributed by atoms with Crippen molar-refractivity contribution in [3.63, 3.8) is 0 Å². The third kappa shape index (κ3) is 2.20. The molecule has 1 atom stereocenters. The Balaban J connectivity index is 2.23. The Hall–Kier alpha value is -0.100. The molecule has 0 saturated carbocycles. The van der Waals surface area contributed by atoms with E-state index in [9.17, 15) is 0 Å². The number of rotatable bonds is 2. The molecule has 0 N–H and O–H groups in total. The molecule has 3 nitrogen and oxygen atoms in total. The molecule has 0 aliphatic carbocycles. The molecule has 0 bridgehead atoms. The summed E-state index contributed by atoms with van der Waals surface area (Å²) in [6.07, 6.45) is 3.92. The van der Waals surface area contributed by atoms with Gasteiger partial charge in [0.05, 0.1) is 11.5 Å². The zero-order valence-electron chi connectivity index (χ0n) is 9.36. The number of ether oxygens (including phenoxy) is 2. The minimum atomic E-state index is -0.488. The van der Waals surface area contributed by atoms with Crippen LogP contribution >= 0.6 is 23.1 Å². The number of aromatic nitrogens is 1. The number of thiazole rings is 1. The van der Waals surface area contributed by atoms with Gasteiger partial charge in [0.2, 0.25) is 0 Å². The van der Waals surface area contributed by atoms with Crippen molar-refractivity contribution < 1.29 is 9.47 Å². The molecule has 2 rings (SSSR count). The van der Waals surface area contributed by atoms with Crippen molar-refractivity contribution in [3.8, 4) is 0 Å². The molecule has 1 aromatic heterocycles. The van der Waals surface area contributed by atoms with Crippen LogP contribution in [0.1, 0.15) is 25.6 Å². The van der Waals surface area contributed by atoms with Crippen molar-refractivity contribution in [3.05, 3.63) is 11.1 Å². The van der Waals surface area contributed by atoms with E-state index < -0.39 is 5.79 Å². The molecule has 0 unspecified atom stereocenters. The van der Waals surface area contributed by atoms with Gasteiger partial charge in [-0.15, -0.1) is 11.3 Å². The van der Waals surface area contributed by atoms with Gasteiger partial charge in [-0.05, 0) is 27.0 Å². The summed E-state index contributed by atoms with van der Waals surface area (Å²) in [6.45, 7) is 6.53. The second-order valence-corrected chi connectivity index (χ2v) is 6.30. The van der Waals surface area contributed by atoms with Crippen molar-refractivity contribution >= 4 is 23.1 Å². The van der Waals surface area contributed by atoms with E-state index in [1.807, 2.05) is 26.3 Å². The highest BCUT2D eigenvalue weighted by Crippen LogP contribution is 2.41. The highest BCUT2D eigenvalue weighted by atomic mass is 32.2. The third-order valence-electron chi connectivity index (χ3n) is 2.35. The minimum absolute atomic E-state index is 0.338. The summed E-state index contributed by atoms with van der Waals surface area (Å²) in [5.74, 6) is -0.488. The maximum absolute atomic E-state index is 5.92. The zero-order chi connectivity index (χ0) is 11.1. The smallest absolute Gasteiger partial charge is 0.164 e. The van der Waals surface area contributed by atoms with Crippen LogP contribution in [0.15, 0.2) is 10.5 Å². The Morgan fingerprint density at radius 3 is 2.67 bits per heavy atom. The van der Waals surface area contributed by atoms with Gasteiger partial charge in [0, 0.05) is 6.20 Å². The lowest BCUT2D eigenvalue weighted by molar-refractivity contribution is -0.158. The number of hydrogen-bond acceptors (Lipinski definition) is 5.